The Hall–Kier alpha value is -1.59. The highest BCUT2D eigenvalue weighted by molar-refractivity contribution is 5.69. The van der Waals surface area contributed by atoms with Crippen molar-refractivity contribution in [1.82, 2.24) is 5.32 Å². The first-order valence-electron chi connectivity index (χ1n) is 7.53. The lowest BCUT2D eigenvalue weighted by atomic mass is 10.1. The summed E-state index contributed by atoms with van der Waals surface area (Å²) in [5.74, 6) is 0.574. The molecule has 3 N–H and O–H groups in total. The molecular formula is C16H26N2O3. The molecule has 0 spiro atoms. The van der Waals surface area contributed by atoms with E-state index in [-0.39, 0.29) is 12.6 Å². The molecule has 0 radical (unpaired) electrons. The van der Waals surface area contributed by atoms with Crippen LogP contribution < -0.4 is 15.8 Å². The van der Waals surface area contributed by atoms with E-state index in [9.17, 15) is 4.79 Å². The summed E-state index contributed by atoms with van der Waals surface area (Å²) in [5.41, 5.74) is 5.52. The molecule has 21 heavy (non-hydrogen) atoms. The van der Waals surface area contributed by atoms with Crippen molar-refractivity contribution < 1.29 is 14.3 Å². The van der Waals surface area contributed by atoms with E-state index < -0.39 is 0 Å². The van der Waals surface area contributed by atoms with Crippen molar-refractivity contribution in [2.24, 2.45) is 5.73 Å². The maximum absolute atomic E-state index is 11.5. The van der Waals surface area contributed by atoms with E-state index in [1.54, 1.807) is 0 Å². The monoisotopic (exact) mass is 294 g/mol. The molecule has 0 aliphatic rings. The van der Waals surface area contributed by atoms with Crippen molar-refractivity contribution in [3.8, 4) is 5.75 Å². The maximum Gasteiger partial charge on any atom is 0.307 e. The van der Waals surface area contributed by atoms with Gasteiger partial charge in [-0.1, -0.05) is 25.1 Å². The molecule has 1 atom stereocenters. The van der Waals surface area contributed by atoms with Gasteiger partial charge in [-0.05, 0) is 31.5 Å². The third kappa shape index (κ3) is 8.32. The molecule has 0 aliphatic heterocycles. The van der Waals surface area contributed by atoms with Gasteiger partial charge in [-0.15, -0.1) is 0 Å². The van der Waals surface area contributed by atoms with Crippen LogP contribution in [-0.4, -0.2) is 38.3 Å². The Morgan fingerprint density at radius 3 is 2.71 bits per heavy atom. The predicted molar refractivity (Wildman–Crippen MR) is 83.3 cm³/mol. The number of hydrogen-bond donors (Lipinski definition) is 2. The molecule has 0 saturated carbocycles. The zero-order chi connectivity index (χ0) is 15.3. The highest BCUT2D eigenvalue weighted by atomic mass is 16.6. The fraction of sp³-hybridized carbons (Fsp3) is 0.562. The second-order valence-electron chi connectivity index (χ2n) is 4.77. The molecule has 5 heteroatoms. The number of rotatable bonds is 11. The second-order valence-corrected chi connectivity index (χ2v) is 4.77. The van der Waals surface area contributed by atoms with E-state index >= 15 is 0 Å². The Labute approximate surface area is 126 Å². The molecule has 0 heterocycles. The zero-order valence-electron chi connectivity index (χ0n) is 12.7. The third-order valence-corrected chi connectivity index (χ3v) is 3.13. The normalized spacial score (nSPS) is 11.9. The van der Waals surface area contributed by atoms with Gasteiger partial charge < -0.3 is 20.5 Å². The van der Waals surface area contributed by atoms with Crippen LogP contribution in [0.3, 0.4) is 0 Å². The minimum absolute atomic E-state index is 0.207. The Kier molecular flexibility index (Phi) is 9.24. The second kappa shape index (κ2) is 11.1. The molecule has 0 fully saturated rings. The van der Waals surface area contributed by atoms with Crippen molar-refractivity contribution in [2.45, 2.75) is 32.2 Å². The van der Waals surface area contributed by atoms with Crippen molar-refractivity contribution in [2.75, 3.05) is 26.3 Å². The number of carbonyl (C=O) groups is 1. The number of ether oxygens (including phenoxy) is 2. The third-order valence-electron chi connectivity index (χ3n) is 3.13. The smallest absolute Gasteiger partial charge is 0.307 e. The Bertz CT molecular complexity index is 384. The van der Waals surface area contributed by atoms with Gasteiger partial charge in [-0.3, -0.25) is 4.79 Å². The average Bonchev–Trinajstić information content (AvgIpc) is 2.51. The van der Waals surface area contributed by atoms with Crippen molar-refractivity contribution >= 4 is 5.97 Å². The predicted octanol–water partition coefficient (Wildman–Crippen LogP) is 1.72. The molecule has 1 unspecified atom stereocenters. The lowest BCUT2D eigenvalue weighted by Crippen LogP contribution is -2.32. The number of benzene rings is 1. The van der Waals surface area contributed by atoms with Gasteiger partial charge in [0.2, 0.25) is 0 Å². The maximum atomic E-state index is 11.5. The van der Waals surface area contributed by atoms with Crippen LogP contribution in [0.5, 0.6) is 5.75 Å². The Morgan fingerprint density at radius 2 is 2.05 bits per heavy atom. The van der Waals surface area contributed by atoms with Crippen molar-refractivity contribution in [3.05, 3.63) is 30.3 Å². The van der Waals surface area contributed by atoms with Crippen LogP contribution in [0, 0.1) is 0 Å². The van der Waals surface area contributed by atoms with Crippen LogP contribution in [0.15, 0.2) is 30.3 Å². The average molecular weight is 294 g/mol. The number of esters is 1. The molecule has 1 aromatic rings. The fourth-order valence-electron chi connectivity index (χ4n) is 1.93. The largest absolute Gasteiger partial charge is 0.490 e. The number of carbonyl (C=O) groups excluding carboxylic acids is 1. The molecule has 0 aromatic heterocycles. The molecule has 5 nitrogen and oxygen atoms in total. The number of hydrogen-bond acceptors (Lipinski definition) is 5. The van der Waals surface area contributed by atoms with Crippen LogP contribution in [0.2, 0.25) is 0 Å². The van der Waals surface area contributed by atoms with E-state index in [1.165, 1.54) is 0 Å². The molecule has 1 rings (SSSR count). The topological polar surface area (TPSA) is 73.6 Å². The summed E-state index contributed by atoms with van der Waals surface area (Å²) in [4.78, 5) is 11.5. The number of nitrogens with two attached hydrogens (primary N) is 1. The van der Waals surface area contributed by atoms with Crippen LogP contribution in [0.1, 0.15) is 26.2 Å². The van der Waals surface area contributed by atoms with Crippen LogP contribution in [0.4, 0.5) is 0 Å². The van der Waals surface area contributed by atoms with Gasteiger partial charge in [0.05, 0.1) is 6.42 Å². The summed E-state index contributed by atoms with van der Waals surface area (Å²) in [6.45, 7) is 4.03. The van der Waals surface area contributed by atoms with E-state index in [0.29, 0.717) is 32.2 Å². The van der Waals surface area contributed by atoms with Crippen LogP contribution in [0.25, 0.3) is 0 Å². The van der Waals surface area contributed by atoms with E-state index in [4.69, 9.17) is 15.2 Å². The van der Waals surface area contributed by atoms with Gasteiger partial charge in [0.25, 0.3) is 0 Å². The molecule has 0 saturated heterocycles. The van der Waals surface area contributed by atoms with Crippen LogP contribution in [-0.2, 0) is 9.53 Å². The lowest BCUT2D eigenvalue weighted by molar-refractivity contribution is -0.144. The van der Waals surface area contributed by atoms with Crippen molar-refractivity contribution in [3.63, 3.8) is 0 Å². The molecule has 0 aliphatic carbocycles. The minimum atomic E-state index is -0.207. The van der Waals surface area contributed by atoms with Crippen LogP contribution >= 0.6 is 0 Å². The molecule has 0 amide bonds. The van der Waals surface area contributed by atoms with Gasteiger partial charge >= 0.3 is 5.97 Å². The summed E-state index contributed by atoms with van der Waals surface area (Å²) in [5, 5.41) is 3.31. The molecular weight excluding hydrogens is 268 g/mol. The fourth-order valence-corrected chi connectivity index (χ4v) is 1.93. The highest BCUT2D eigenvalue weighted by Crippen LogP contribution is 2.07. The minimum Gasteiger partial charge on any atom is -0.490 e. The summed E-state index contributed by atoms with van der Waals surface area (Å²) in [6, 6.07) is 9.84. The van der Waals surface area contributed by atoms with Gasteiger partial charge in [-0.25, -0.2) is 0 Å². The first kappa shape index (κ1) is 17.5. The Morgan fingerprint density at radius 1 is 1.29 bits per heavy atom. The summed E-state index contributed by atoms with van der Waals surface area (Å²) in [6.07, 6.45) is 2.31. The van der Waals surface area contributed by atoms with Gasteiger partial charge in [0.15, 0.2) is 0 Å². The van der Waals surface area contributed by atoms with E-state index in [0.717, 1.165) is 18.6 Å². The summed E-state index contributed by atoms with van der Waals surface area (Å²) in [7, 11) is 0. The molecule has 0 bridgehead atoms. The standard InChI is InChI=1S/C16H26N2O3/c1-2-14(8-10-17)18-11-9-16(19)21-13-12-20-15-6-4-3-5-7-15/h3-7,14,18H,2,8-13,17H2,1H3. The first-order valence-corrected chi connectivity index (χ1v) is 7.53. The molecule has 1 aromatic carbocycles. The first-order chi connectivity index (χ1) is 10.3. The van der Waals surface area contributed by atoms with Gasteiger partial charge in [0, 0.05) is 12.6 Å². The van der Waals surface area contributed by atoms with Gasteiger partial charge in [-0.2, -0.15) is 0 Å². The number of para-hydroxylation sites is 1. The van der Waals surface area contributed by atoms with Crippen molar-refractivity contribution in [1.29, 1.82) is 0 Å². The quantitative estimate of drug-likeness (QED) is 0.480. The Balaban J connectivity index is 2.03. The highest BCUT2D eigenvalue weighted by Gasteiger charge is 2.07. The number of nitrogens with one attached hydrogen (secondary N) is 1. The molecule has 118 valence electrons. The summed E-state index contributed by atoms with van der Waals surface area (Å²) < 4.78 is 10.6. The zero-order valence-corrected chi connectivity index (χ0v) is 12.7. The lowest BCUT2D eigenvalue weighted by Gasteiger charge is -2.15. The van der Waals surface area contributed by atoms with E-state index in [2.05, 4.69) is 12.2 Å². The SMILES string of the molecule is CCC(CCN)NCCC(=O)OCCOc1ccccc1. The summed E-state index contributed by atoms with van der Waals surface area (Å²) >= 11 is 0. The van der Waals surface area contributed by atoms with E-state index in [1.807, 2.05) is 30.3 Å². The van der Waals surface area contributed by atoms with Gasteiger partial charge in [0.1, 0.15) is 19.0 Å².